The van der Waals surface area contributed by atoms with E-state index in [1.54, 1.807) is 0 Å². The third-order valence-corrected chi connectivity index (χ3v) is 4.80. The fraction of sp³-hybridized carbons (Fsp3) is 1.00. The number of hydrogen-bond donors (Lipinski definition) is 1. The molecule has 1 aliphatic carbocycles. The Morgan fingerprint density at radius 1 is 1.14 bits per heavy atom. The summed E-state index contributed by atoms with van der Waals surface area (Å²) in [5, 5.41) is 10.3. The van der Waals surface area contributed by atoms with Crippen molar-refractivity contribution in [2.75, 3.05) is 0 Å². The van der Waals surface area contributed by atoms with Gasteiger partial charge in [0.25, 0.3) is 0 Å². The lowest BCUT2D eigenvalue weighted by atomic mass is 9.92. The Morgan fingerprint density at radius 3 is 1.86 bits per heavy atom. The quantitative estimate of drug-likeness (QED) is 0.733. The van der Waals surface area contributed by atoms with Gasteiger partial charge in [-0.25, -0.2) is 0 Å². The number of hydrogen-bond acceptors (Lipinski definition) is 1. The van der Waals surface area contributed by atoms with Gasteiger partial charge in [0.05, 0.1) is 6.10 Å². The van der Waals surface area contributed by atoms with E-state index in [-0.39, 0.29) is 6.10 Å². The van der Waals surface area contributed by atoms with Gasteiger partial charge in [0.1, 0.15) is 0 Å². The first kappa shape index (κ1) is 12.0. The Hall–Kier alpha value is -0.0400. The third kappa shape index (κ3) is 1.60. The number of rotatable bonds is 4. The maximum atomic E-state index is 10.3. The average Bonchev–Trinajstić information content (AvgIpc) is 2.42. The van der Waals surface area contributed by atoms with E-state index in [2.05, 4.69) is 41.5 Å². The molecule has 0 radical (unpaired) electrons. The van der Waals surface area contributed by atoms with Crippen LogP contribution in [-0.2, 0) is 0 Å². The van der Waals surface area contributed by atoms with Crippen molar-refractivity contribution in [1.29, 1.82) is 0 Å². The summed E-state index contributed by atoms with van der Waals surface area (Å²) in [7, 11) is 0. The lowest BCUT2D eigenvalue weighted by Crippen LogP contribution is -2.23. The summed E-state index contributed by atoms with van der Waals surface area (Å²) in [6.45, 7) is 13.5. The van der Waals surface area contributed by atoms with Crippen LogP contribution in [0.3, 0.4) is 0 Å². The predicted octanol–water partition coefficient (Wildman–Crippen LogP) is 3.47. The third-order valence-electron chi connectivity index (χ3n) is 4.80. The first-order chi connectivity index (χ1) is 6.26. The molecule has 0 aromatic carbocycles. The monoisotopic (exact) mass is 198 g/mol. The summed E-state index contributed by atoms with van der Waals surface area (Å²) >= 11 is 0. The average molecular weight is 198 g/mol. The van der Waals surface area contributed by atoms with Crippen molar-refractivity contribution >= 4 is 0 Å². The molecule has 0 bridgehead atoms. The van der Waals surface area contributed by atoms with Gasteiger partial charge >= 0.3 is 0 Å². The Balaban J connectivity index is 2.61. The second-order valence-electron chi connectivity index (χ2n) is 6.18. The van der Waals surface area contributed by atoms with E-state index in [1.807, 2.05) is 0 Å². The maximum Gasteiger partial charge on any atom is 0.0604 e. The maximum absolute atomic E-state index is 10.3. The zero-order chi connectivity index (χ0) is 11.1. The minimum absolute atomic E-state index is 0.111. The van der Waals surface area contributed by atoms with Gasteiger partial charge in [-0.05, 0) is 29.1 Å². The van der Waals surface area contributed by atoms with Crippen molar-refractivity contribution in [2.24, 2.45) is 22.7 Å². The molecule has 1 saturated carbocycles. The summed E-state index contributed by atoms with van der Waals surface area (Å²) < 4.78 is 0. The summed E-state index contributed by atoms with van der Waals surface area (Å²) in [6, 6.07) is 0. The molecule has 0 aliphatic heterocycles. The molecular weight excluding hydrogens is 172 g/mol. The minimum atomic E-state index is -0.111. The van der Waals surface area contributed by atoms with Gasteiger partial charge in [0.15, 0.2) is 0 Å². The Kier molecular flexibility index (Phi) is 3.02. The molecule has 1 heteroatoms. The van der Waals surface area contributed by atoms with E-state index in [0.717, 1.165) is 6.42 Å². The Bertz CT molecular complexity index is 191. The molecule has 0 amide bonds. The molecule has 1 aliphatic rings. The van der Waals surface area contributed by atoms with E-state index in [1.165, 1.54) is 6.42 Å². The fourth-order valence-electron chi connectivity index (χ4n) is 3.06. The molecule has 14 heavy (non-hydrogen) atoms. The van der Waals surface area contributed by atoms with Crippen molar-refractivity contribution in [1.82, 2.24) is 0 Å². The van der Waals surface area contributed by atoms with Crippen LogP contribution in [0, 0.1) is 22.7 Å². The molecule has 84 valence electrons. The van der Waals surface area contributed by atoms with Crippen molar-refractivity contribution in [2.45, 2.75) is 60.5 Å². The molecule has 0 aromatic heterocycles. The second-order valence-corrected chi connectivity index (χ2v) is 6.18. The highest BCUT2D eigenvalue weighted by atomic mass is 16.3. The zero-order valence-electron chi connectivity index (χ0n) is 10.6. The van der Waals surface area contributed by atoms with Crippen LogP contribution < -0.4 is 0 Å². The highest BCUT2D eigenvalue weighted by Gasteiger charge is 2.67. The highest BCUT2D eigenvalue weighted by Crippen LogP contribution is 2.70. The van der Waals surface area contributed by atoms with Crippen LogP contribution in [0.1, 0.15) is 54.4 Å². The van der Waals surface area contributed by atoms with Gasteiger partial charge in [0, 0.05) is 0 Å². The summed E-state index contributed by atoms with van der Waals surface area (Å²) in [5.41, 5.74) is 0.628. The van der Waals surface area contributed by atoms with Crippen LogP contribution in [0.5, 0.6) is 0 Å². The summed E-state index contributed by atoms with van der Waals surface area (Å²) in [5.74, 6) is 0.933. The van der Waals surface area contributed by atoms with Gasteiger partial charge in [-0.15, -0.1) is 0 Å². The molecule has 0 aromatic rings. The van der Waals surface area contributed by atoms with Crippen LogP contribution in [0.25, 0.3) is 0 Å². The summed E-state index contributed by atoms with van der Waals surface area (Å²) in [4.78, 5) is 0. The Labute approximate surface area is 88.9 Å². The van der Waals surface area contributed by atoms with E-state index < -0.39 is 0 Å². The van der Waals surface area contributed by atoms with Crippen LogP contribution in [0.4, 0.5) is 0 Å². The van der Waals surface area contributed by atoms with Gasteiger partial charge in [-0.3, -0.25) is 0 Å². The van der Waals surface area contributed by atoms with Crippen molar-refractivity contribution in [3.8, 4) is 0 Å². The SMILES string of the molecule is CCCC(C)C(O)C1C(C)(C)C1(C)C. The summed E-state index contributed by atoms with van der Waals surface area (Å²) in [6.07, 6.45) is 2.20. The molecule has 0 saturated heterocycles. The van der Waals surface area contributed by atoms with E-state index in [0.29, 0.717) is 22.7 Å². The van der Waals surface area contributed by atoms with Gasteiger partial charge in [-0.2, -0.15) is 0 Å². The number of aliphatic hydroxyl groups is 1. The standard InChI is InChI=1S/C13H26O/c1-7-8-9(2)10(14)11-12(3,4)13(11,5)6/h9-11,14H,7-8H2,1-6H3. The highest BCUT2D eigenvalue weighted by molar-refractivity contribution is 5.15. The van der Waals surface area contributed by atoms with Gasteiger partial charge < -0.3 is 5.11 Å². The second kappa shape index (κ2) is 3.52. The van der Waals surface area contributed by atoms with Crippen molar-refractivity contribution < 1.29 is 5.11 Å². The molecular formula is C13H26O. The topological polar surface area (TPSA) is 20.2 Å². The molecule has 2 unspecified atom stereocenters. The zero-order valence-corrected chi connectivity index (χ0v) is 10.6. The minimum Gasteiger partial charge on any atom is -0.393 e. The normalized spacial score (nSPS) is 28.5. The van der Waals surface area contributed by atoms with Crippen LogP contribution in [0.2, 0.25) is 0 Å². The van der Waals surface area contributed by atoms with E-state index in [9.17, 15) is 5.11 Å². The van der Waals surface area contributed by atoms with Crippen LogP contribution in [0.15, 0.2) is 0 Å². The lowest BCUT2D eigenvalue weighted by molar-refractivity contribution is 0.0719. The lowest BCUT2D eigenvalue weighted by Gasteiger charge is -2.20. The molecule has 1 rings (SSSR count). The first-order valence-corrected chi connectivity index (χ1v) is 5.94. The van der Waals surface area contributed by atoms with Crippen LogP contribution >= 0.6 is 0 Å². The molecule has 1 nitrogen and oxygen atoms in total. The molecule has 1 fully saturated rings. The van der Waals surface area contributed by atoms with E-state index in [4.69, 9.17) is 0 Å². The molecule has 0 spiro atoms. The van der Waals surface area contributed by atoms with Gasteiger partial charge in [-0.1, -0.05) is 48.0 Å². The largest absolute Gasteiger partial charge is 0.393 e. The van der Waals surface area contributed by atoms with Crippen LogP contribution in [-0.4, -0.2) is 11.2 Å². The Morgan fingerprint density at radius 2 is 1.57 bits per heavy atom. The molecule has 0 heterocycles. The van der Waals surface area contributed by atoms with Crippen molar-refractivity contribution in [3.05, 3.63) is 0 Å². The van der Waals surface area contributed by atoms with E-state index >= 15 is 0 Å². The van der Waals surface area contributed by atoms with Crippen molar-refractivity contribution in [3.63, 3.8) is 0 Å². The van der Waals surface area contributed by atoms with Gasteiger partial charge in [0.2, 0.25) is 0 Å². The fourth-order valence-corrected chi connectivity index (χ4v) is 3.06. The predicted molar refractivity (Wildman–Crippen MR) is 61.1 cm³/mol. The molecule has 1 N–H and O–H groups in total. The first-order valence-electron chi connectivity index (χ1n) is 5.94. The number of aliphatic hydroxyl groups excluding tert-OH is 1. The smallest absolute Gasteiger partial charge is 0.0604 e. The molecule has 2 atom stereocenters.